The number of piperidine rings is 1. The molecule has 1 aromatic heterocycles. The number of aryl methyl sites for hydroxylation is 1. The Labute approximate surface area is 186 Å². The van der Waals surface area contributed by atoms with Crippen LogP contribution in [0.15, 0.2) is 42.5 Å². The standard InChI is InChI=1S/C23H29N5O2S/c29-20(26-23-28-27-22(31-23)17-10-11-17)14-13-18(12-9-16-6-2-1-3-7-16)25-21(30)19-8-4-5-15-24-19/h1-3,6-7,13-14,17-19,24H,4-5,8-12,15H2,(H,25,30)(H,26,28,29)/b14-13+/t18-,19-/m0/s1. The lowest BCUT2D eigenvalue weighted by atomic mass is 10.0. The van der Waals surface area contributed by atoms with E-state index in [0.717, 1.165) is 56.5 Å². The highest BCUT2D eigenvalue weighted by Gasteiger charge is 2.27. The predicted octanol–water partition coefficient (Wildman–Crippen LogP) is 3.17. The SMILES string of the molecule is O=C(/C=C/[C@H](CCc1ccccc1)NC(=O)[C@@H]1CCCCN1)Nc1nnc(C2CC2)s1. The van der Waals surface area contributed by atoms with Crippen LogP contribution < -0.4 is 16.0 Å². The highest BCUT2D eigenvalue weighted by molar-refractivity contribution is 7.15. The quantitative estimate of drug-likeness (QED) is 0.522. The molecule has 2 atom stereocenters. The smallest absolute Gasteiger partial charge is 0.249 e. The number of benzene rings is 1. The van der Waals surface area contributed by atoms with Crippen molar-refractivity contribution in [3.63, 3.8) is 0 Å². The summed E-state index contributed by atoms with van der Waals surface area (Å²) in [5, 5.41) is 18.9. The summed E-state index contributed by atoms with van der Waals surface area (Å²) < 4.78 is 0. The van der Waals surface area contributed by atoms with Gasteiger partial charge >= 0.3 is 0 Å². The molecule has 0 radical (unpaired) electrons. The summed E-state index contributed by atoms with van der Waals surface area (Å²) in [5.74, 6) is 0.263. The first-order valence-corrected chi connectivity index (χ1v) is 11.9. The molecule has 1 saturated heterocycles. The van der Waals surface area contributed by atoms with Crippen LogP contribution in [0.25, 0.3) is 0 Å². The highest BCUT2D eigenvalue weighted by atomic mass is 32.1. The third kappa shape index (κ3) is 6.70. The van der Waals surface area contributed by atoms with Crippen molar-refractivity contribution >= 4 is 28.3 Å². The molecule has 1 aliphatic carbocycles. The number of carbonyl (C=O) groups excluding carboxylic acids is 2. The molecule has 1 aliphatic heterocycles. The van der Waals surface area contributed by atoms with Gasteiger partial charge in [-0.25, -0.2) is 0 Å². The maximum Gasteiger partial charge on any atom is 0.249 e. The van der Waals surface area contributed by atoms with Crippen LogP contribution in [0.1, 0.15) is 55.0 Å². The second kappa shape index (κ2) is 10.6. The topological polar surface area (TPSA) is 96.0 Å². The Morgan fingerprint density at radius 2 is 2.00 bits per heavy atom. The molecule has 31 heavy (non-hydrogen) atoms. The minimum atomic E-state index is -0.256. The predicted molar refractivity (Wildman–Crippen MR) is 122 cm³/mol. The van der Waals surface area contributed by atoms with E-state index in [1.54, 1.807) is 6.08 Å². The van der Waals surface area contributed by atoms with Gasteiger partial charge in [0.2, 0.25) is 16.9 Å². The number of amides is 2. The minimum Gasteiger partial charge on any atom is -0.349 e. The monoisotopic (exact) mass is 439 g/mol. The van der Waals surface area contributed by atoms with Gasteiger partial charge in [-0.1, -0.05) is 54.2 Å². The van der Waals surface area contributed by atoms with Crippen LogP contribution >= 0.6 is 11.3 Å². The Morgan fingerprint density at radius 1 is 1.16 bits per heavy atom. The van der Waals surface area contributed by atoms with Gasteiger partial charge in [0.15, 0.2) is 0 Å². The number of hydrogen-bond donors (Lipinski definition) is 3. The van der Waals surface area contributed by atoms with E-state index in [2.05, 4.69) is 38.3 Å². The Hall–Kier alpha value is -2.58. The van der Waals surface area contributed by atoms with Gasteiger partial charge in [-0.2, -0.15) is 0 Å². The van der Waals surface area contributed by atoms with Gasteiger partial charge < -0.3 is 10.6 Å². The second-order valence-corrected chi connectivity index (χ2v) is 9.22. The van der Waals surface area contributed by atoms with Crippen molar-refractivity contribution in [3.8, 4) is 0 Å². The van der Waals surface area contributed by atoms with Crippen LogP contribution in [-0.2, 0) is 16.0 Å². The molecule has 0 bridgehead atoms. The van der Waals surface area contributed by atoms with E-state index in [9.17, 15) is 9.59 Å². The molecule has 4 rings (SSSR count). The molecule has 2 aliphatic rings. The maximum atomic E-state index is 12.7. The molecule has 2 amide bonds. The number of carbonyl (C=O) groups is 2. The molecule has 7 nitrogen and oxygen atoms in total. The molecular formula is C23H29N5O2S. The summed E-state index contributed by atoms with van der Waals surface area (Å²) in [5.41, 5.74) is 1.21. The van der Waals surface area contributed by atoms with Crippen LogP contribution in [0.3, 0.4) is 0 Å². The maximum absolute atomic E-state index is 12.7. The number of aromatic nitrogens is 2. The van der Waals surface area contributed by atoms with Crippen LogP contribution in [0.5, 0.6) is 0 Å². The van der Waals surface area contributed by atoms with Crippen molar-refractivity contribution in [3.05, 3.63) is 53.1 Å². The number of hydrogen-bond acceptors (Lipinski definition) is 6. The first kappa shape index (κ1) is 21.6. The van der Waals surface area contributed by atoms with Gasteiger partial charge in [-0.05, 0) is 50.6 Å². The molecule has 1 aromatic carbocycles. The zero-order valence-electron chi connectivity index (χ0n) is 17.5. The summed E-state index contributed by atoms with van der Waals surface area (Å²) in [7, 11) is 0. The zero-order valence-corrected chi connectivity index (χ0v) is 18.4. The fourth-order valence-corrected chi connectivity index (χ4v) is 4.59. The summed E-state index contributed by atoms with van der Waals surface area (Å²) >= 11 is 1.44. The third-order valence-corrected chi connectivity index (χ3v) is 6.62. The first-order chi connectivity index (χ1) is 15.2. The molecule has 1 saturated carbocycles. The van der Waals surface area contributed by atoms with E-state index in [-0.39, 0.29) is 23.9 Å². The van der Waals surface area contributed by atoms with E-state index in [1.807, 2.05) is 18.2 Å². The minimum absolute atomic E-state index is 0.000943. The third-order valence-electron chi connectivity index (χ3n) is 5.62. The van der Waals surface area contributed by atoms with E-state index < -0.39 is 0 Å². The summed E-state index contributed by atoms with van der Waals surface area (Å²) in [6, 6.07) is 9.78. The Kier molecular flexibility index (Phi) is 7.43. The Bertz CT molecular complexity index is 904. The average molecular weight is 440 g/mol. The Morgan fingerprint density at radius 3 is 2.74 bits per heavy atom. The lowest BCUT2D eigenvalue weighted by molar-refractivity contribution is -0.124. The van der Waals surface area contributed by atoms with Crippen LogP contribution in [0, 0.1) is 0 Å². The normalized spacial score (nSPS) is 19.8. The molecule has 164 valence electrons. The second-order valence-electron chi connectivity index (χ2n) is 8.21. The van der Waals surface area contributed by atoms with E-state index >= 15 is 0 Å². The summed E-state index contributed by atoms with van der Waals surface area (Å²) in [6.45, 7) is 0.871. The van der Waals surface area contributed by atoms with Gasteiger partial charge in [0, 0.05) is 18.0 Å². The fraction of sp³-hybridized carbons (Fsp3) is 0.478. The zero-order chi connectivity index (χ0) is 21.5. The molecule has 8 heteroatoms. The van der Waals surface area contributed by atoms with E-state index in [0.29, 0.717) is 11.0 Å². The summed E-state index contributed by atoms with van der Waals surface area (Å²) in [4.78, 5) is 25.1. The molecule has 2 aromatic rings. The first-order valence-electron chi connectivity index (χ1n) is 11.1. The van der Waals surface area contributed by atoms with Crippen molar-refractivity contribution in [1.82, 2.24) is 20.8 Å². The molecule has 3 N–H and O–H groups in total. The van der Waals surface area contributed by atoms with Crippen LogP contribution in [0.2, 0.25) is 0 Å². The number of anilines is 1. The van der Waals surface area contributed by atoms with Gasteiger partial charge in [0.05, 0.1) is 6.04 Å². The highest BCUT2D eigenvalue weighted by Crippen LogP contribution is 2.42. The van der Waals surface area contributed by atoms with Crippen molar-refractivity contribution in [2.24, 2.45) is 0 Å². The lowest BCUT2D eigenvalue weighted by Gasteiger charge is -2.25. The number of rotatable bonds is 9. The van der Waals surface area contributed by atoms with E-state index in [4.69, 9.17) is 0 Å². The molecular weight excluding hydrogens is 410 g/mol. The molecule has 2 heterocycles. The van der Waals surface area contributed by atoms with Gasteiger partial charge in [-0.15, -0.1) is 10.2 Å². The summed E-state index contributed by atoms with van der Waals surface area (Å²) in [6.07, 6.45) is 10.1. The van der Waals surface area contributed by atoms with Crippen molar-refractivity contribution in [1.29, 1.82) is 0 Å². The van der Waals surface area contributed by atoms with Gasteiger partial charge in [0.1, 0.15) is 5.01 Å². The molecule has 0 unspecified atom stereocenters. The van der Waals surface area contributed by atoms with Crippen LogP contribution in [0.4, 0.5) is 5.13 Å². The average Bonchev–Trinajstić information content (AvgIpc) is 3.56. The van der Waals surface area contributed by atoms with Crippen LogP contribution in [-0.4, -0.2) is 40.6 Å². The molecule has 2 fully saturated rings. The number of nitrogens with zero attached hydrogens (tertiary/aromatic N) is 2. The van der Waals surface area contributed by atoms with E-state index in [1.165, 1.54) is 23.0 Å². The Balaban J connectivity index is 1.35. The molecule has 0 spiro atoms. The van der Waals surface area contributed by atoms with Gasteiger partial charge in [0.25, 0.3) is 0 Å². The van der Waals surface area contributed by atoms with Crippen molar-refractivity contribution in [2.45, 2.75) is 62.9 Å². The van der Waals surface area contributed by atoms with Gasteiger partial charge in [-0.3, -0.25) is 14.9 Å². The fourth-order valence-electron chi connectivity index (χ4n) is 3.67. The van der Waals surface area contributed by atoms with Crippen molar-refractivity contribution < 1.29 is 9.59 Å². The largest absolute Gasteiger partial charge is 0.349 e. The number of nitrogens with one attached hydrogen (secondary N) is 3. The van der Waals surface area contributed by atoms with Crippen molar-refractivity contribution in [2.75, 3.05) is 11.9 Å². The lowest BCUT2D eigenvalue weighted by Crippen LogP contribution is -2.49.